The van der Waals surface area contributed by atoms with Gasteiger partial charge in [-0.2, -0.15) is 0 Å². The van der Waals surface area contributed by atoms with E-state index in [1.165, 1.54) is 12.8 Å². The Labute approximate surface area is 80.8 Å². The Kier molecular flexibility index (Phi) is 25.7. The number of hydrogen-bond acceptors (Lipinski definition) is 0. The molecule has 0 nitrogen and oxygen atoms in total. The molecule has 0 aliphatic rings. The standard InChI is InChI=1S/C6H14.2C3H8/c1-5(2)6(3)4;2*1-3-2/h5-6H,1-4H3;2*3H2,1-2H3. The summed E-state index contributed by atoms with van der Waals surface area (Å²) in [6.07, 6.45) is 2.50. The van der Waals surface area contributed by atoms with Crippen LogP contribution in [0.3, 0.4) is 0 Å². The van der Waals surface area contributed by atoms with Crippen molar-refractivity contribution in [1.29, 1.82) is 0 Å². The van der Waals surface area contributed by atoms with Crippen molar-refractivity contribution in [1.82, 2.24) is 0 Å². The molecular weight excluding hydrogens is 144 g/mol. The SMILES string of the molecule is CC(C)C(C)C.CCC.CCC. The lowest BCUT2D eigenvalue weighted by Crippen LogP contribution is -1.95. The third-order valence-electron chi connectivity index (χ3n) is 1.33. The first-order chi connectivity index (χ1) is 5.47. The molecule has 0 spiro atoms. The first-order valence-corrected chi connectivity index (χ1v) is 5.47. The maximum atomic E-state index is 2.24. The van der Waals surface area contributed by atoms with Crippen molar-refractivity contribution in [3.05, 3.63) is 0 Å². The van der Waals surface area contributed by atoms with E-state index in [9.17, 15) is 0 Å². The molecule has 0 atom stereocenters. The van der Waals surface area contributed by atoms with Gasteiger partial charge in [-0.3, -0.25) is 0 Å². The Morgan fingerprint density at radius 2 is 0.667 bits per heavy atom. The molecule has 0 unspecified atom stereocenters. The van der Waals surface area contributed by atoms with Gasteiger partial charge in [0.25, 0.3) is 0 Å². The second-order valence-corrected chi connectivity index (χ2v) is 3.90. The lowest BCUT2D eigenvalue weighted by molar-refractivity contribution is 0.457. The molecule has 0 saturated heterocycles. The Morgan fingerprint density at radius 1 is 0.583 bits per heavy atom. The molecule has 0 aromatic heterocycles. The van der Waals surface area contributed by atoms with E-state index in [0.29, 0.717) is 0 Å². The van der Waals surface area contributed by atoms with Gasteiger partial charge in [-0.25, -0.2) is 0 Å². The predicted octanol–water partition coefficient (Wildman–Crippen LogP) is 5.13. The zero-order chi connectivity index (χ0) is 10.6. The van der Waals surface area contributed by atoms with Gasteiger partial charge in [0.05, 0.1) is 0 Å². The summed E-state index contributed by atoms with van der Waals surface area (Å²) in [5.74, 6) is 1.70. The van der Waals surface area contributed by atoms with E-state index in [1.807, 2.05) is 0 Å². The largest absolute Gasteiger partial charge is 0.0656 e. The summed E-state index contributed by atoms with van der Waals surface area (Å²) in [5, 5.41) is 0. The molecule has 0 saturated carbocycles. The zero-order valence-electron chi connectivity index (χ0n) is 10.6. The van der Waals surface area contributed by atoms with Crippen LogP contribution in [0, 0.1) is 11.8 Å². The van der Waals surface area contributed by atoms with E-state index in [2.05, 4.69) is 55.4 Å². The highest BCUT2D eigenvalue weighted by atomic mass is 14.0. The van der Waals surface area contributed by atoms with Gasteiger partial charge in [-0.15, -0.1) is 0 Å². The topological polar surface area (TPSA) is 0 Å². The van der Waals surface area contributed by atoms with Gasteiger partial charge in [0.1, 0.15) is 0 Å². The minimum absolute atomic E-state index is 0.852. The summed E-state index contributed by atoms with van der Waals surface area (Å²) in [5.41, 5.74) is 0. The second-order valence-electron chi connectivity index (χ2n) is 3.90. The lowest BCUT2D eigenvalue weighted by Gasteiger charge is -2.05. The van der Waals surface area contributed by atoms with Crippen LogP contribution < -0.4 is 0 Å². The van der Waals surface area contributed by atoms with Crippen LogP contribution in [-0.4, -0.2) is 0 Å². The number of rotatable bonds is 1. The van der Waals surface area contributed by atoms with Crippen molar-refractivity contribution in [2.45, 2.75) is 68.2 Å². The van der Waals surface area contributed by atoms with Crippen LogP contribution in [0.4, 0.5) is 0 Å². The van der Waals surface area contributed by atoms with Crippen LogP contribution in [0.15, 0.2) is 0 Å². The van der Waals surface area contributed by atoms with Gasteiger partial charge in [-0.05, 0) is 11.8 Å². The summed E-state index contributed by atoms with van der Waals surface area (Å²) < 4.78 is 0. The normalized spacial score (nSPS) is 8.50. The Bertz CT molecular complexity index is 36.0. The summed E-state index contributed by atoms with van der Waals surface area (Å²) in [6.45, 7) is 17.5. The van der Waals surface area contributed by atoms with E-state index < -0.39 is 0 Å². The summed E-state index contributed by atoms with van der Waals surface area (Å²) in [7, 11) is 0. The molecule has 0 heteroatoms. The predicted molar refractivity (Wildman–Crippen MR) is 61.6 cm³/mol. The van der Waals surface area contributed by atoms with Gasteiger partial charge < -0.3 is 0 Å². The highest BCUT2D eigenvalue weighted by Crippen LogP contribution is 2.05. The molecule has 0 N–H and O–H groups in total. The molecule has 0 fully saturated rings. The maximum absolute atomic E-state index is 2.24. The molecule has 0 bridgehead atoms. The Balaban J connectivity index is -0.000000115. The van der Waals surface area contributed by atoms with Crippen molar-refractivity contribution in [2.75, 3.05) is 0 Å². The van der Waals surface area contributed by atoms with Crippen molar-refractivity contribution >= 4 is 0 Å². The molecular formula is C12H30. The van der Waals surface area contributed by atoms with Gasteiger partial charge in [0.15, 0.2) is 0 Å². The fourth-order valence-corrected chi connectivity index (χ4v) is 0. The van der Waals surface area contributed by atoms with Crippen molar-refractivity contribution in [3.63, 3.8) is 0 Å². The fourth-order valence-electron chi connectivity index (χ4n) is 0. The van der Waals surface area contributed by atoms with Crippen LogP contribution in [0.1, 0.15) is 68.2 Å². The maximum Gasteiger partial charge on any atom is -0.0448 e. The third-order valence-corrected chi connectivity index (χ3v) is 1.33. The minimum Gasteiger partial charge on any atom is -0.0656 e. The van der Waals surface area contributed by atoms with Crippen LogP contribution in [0.2, 0.25) is 0 Å². The Morgan fingerprint density at radius 3 is 0.667 bits per heavy atom. The van der Waals surface area contributed by atoms with Crippen LogP contribution in [-0.2, 0) is 0 Å². The zero-order valence-corrected chi connectivity index (χ0v) is 10.6. The molecule has 0 aliphatic carbocycles. The van der Waals surface area contributed by atoms with Gasteiger partial charge in [0.2, 0.25) is 0 Å². The van der Waals surface area contributed by atoms with E-state index in [1.54, 1.807) is 0 Å². The van der Waals surface area contributed by atoms with Crippen molar-refractivity contribution in [3.8, 4) is 0 Å². The van der Waals surface area contributed by atoms with Crippen LogP contribution in [0.25, 0.3) is 0 Å². The molecule has 0 rings (SSSR count). The average molecular weight is 174 g/mol. The number of hydrogen-bond donors (Lipinski definition) is 0. The highest BCUT2D eigenvalue weighted by molar-refractivity contribution is 4.46. The smallest absolute Gasteiger partial charge is 0.0448 e. The molecule has 12 heavy (non-hydrogen) atoms. The molecule has 0 heterocycles. The highest BCUT2D eigenvalue weighted by Gasteiger charge is 1.95. The average Bonchev–Trinajstić information content (AvgIpc) is 1.90. The van der Waals surface area contributed by atoms with Crippen LogP contribution in [0.5, 0.6) is 0 Å². The quantitative estimate of drug-likeness (QED) is 0.517. The molecule has 0 aromatic carbocycles. The van der Waals surface area contributed by atoms with Gasteiger partial charge in [0, 0.05) is 0 Å². The van der Waals surface area contributed by atoms with E-state index in [0.717, 1.165) is 11.8 Å². The van der Waals surface area contributed by atoms with Gasteiger partial charge >= 0.3 is 0 Å². The van der Waals surface area contributed by atoms with Crippen molar-refractivity contribution in [2.24, 2.45) is 11.8 Å². The molecule has 0 amide bonds. The molecule has 78 valence electrons. The third kappa shape index (κ3) is 50.6. The second kappa shape index (κ2) is 17.2. The minimum atomic E-state index is 0.852. The van der Waals surface area contributed by atoms with Crippen molar-refractivity contribution < 1.29 is 0 Å². The summed E-state index contributed by atoms with van der Waals surface area (Å²) >= 11 is 0. The van der Waals surface area contributed by atoms with E-state index in [-0.39, 0.29) is 0 Å². The van der Waals surface area contributed by atoms with Crippen LogP contribution >= 0.6 is 0 Å². The van der Waals surface area contributed by atoms with E-state index in [4.69, 9.17) is 0 Å². The summed E-state index contributed by atoms with van der Waals surface area (Å²) in [4.78, 5) is 0. The molecule has 0 radical (unpaired) electrons. The molecule has 0 aliphatic heterocycles. The Hall–Kier alpha value is 0. The van der Waals surface area contributed by atoms with Gasteiger partial charge in [-0.1, -0.05) is 68.2 Å². The first kappa shape index (κ1) is 17.9. The first-order valence-electron chi connectivity index (χ1n) is 5.47. The monoisotopic (exact) mass is 174 g/mol. The molecule has 0 aromatic rings. The van der Waals surface area contributed by atoms with E-state index >= 15 is 0 Å². The lowest BCUT2D eigenvalue weighted by atomic mass is 10.0. The fraction of sp³-hybridized carbons (Fsp3) is 1.00. The summed E-state index contributed by atoms with van der Waals surface area (Å²) in [6, 6.07) is 0.